The lowest BCUT2D eigenvalue weighted by atomic mass is 10.1. The number of nitrogens with one attached hydrogen (secondary N) is 1. The fourth-order valence-electron chi connectivity index (χ4n) is 1.87. The smallest absolute Gasteiger partial charge is 0.161 e. The molecule has 0 atom stereocenters. The van der Waals surface area contributed by atoms with Crippen LogP contribution in [0.15, 0.2) is 29.0 Å². The SMILES string of the molecule is CCNc1nccnc1-c1cc(OC)c(OC)cc1Br. The van der Waals surface area contributed by atoms with Crippen LogP contribution in [0.3, 0.4) is 0 Å². The first-order valence-corrected chi connectivity index (χ1v) is 6.97. The summed E-state index contributed by atoms with van der Waals surface area (Å²) in [6.07, 6.45) is 3.33. The van der Waals surface area contributed by atoms with Crippen LogP contribution in [0, 0.1) is 0 Å². The van der Waals surface area contributed by atoms with Crippen LogP contribution >= 0.6 is 15.9 Å². The molecule has 0 fully saturated rings. The van der Waals surface area contributed by atoms with E-state index in [4.69, 9.17) is 9.47 Å². The zero-order chi connectivity index (χ0) is 14.5. The third kappa shape index (κ3) is 2.85. The molecular formula is C14H16BrN3O2. The highest BCUT2D eigenvalue weighted by molar-refractivity contribution is 9.10. The van der Waals surface area contributed by atoms with Crippen molar-refractivity contribution in [2.75, 3.05) is 26.1 Å². The highest BCUT2D eigenvalue weighted by Crippen LogP contribution is 2.39. The molecule has 0 saturated heterocycles. The van der Waals surface area contributed by atoms with Gasteiger partial charge in [0.15, 0.2) is 17.3 Å². The van der Waals surface area contributed by atoms with Gasteiger partial charge in [-0.15, -0.1) is 0 Å². The molecular weight excluding hydrogens is 322 g/mol. The number of nitrogens with zero attached hydrogens (tertiary/aromatic N) is 2. The lowest BCUT2D eigenvalue weighted by molar-refractivity contribution is 0.355. The second-order valence-electron chi connectivity index (χ2n) is 3.97. The van der Waals surface area contributed by atoms with Gasteiger partial charge in [0.05, 0.1) is 14.2 Å². The van der Waals surface area contributed by atoms with Crippen LogP contribution < -0.4 is 14.8 Å². The summed E-state index contributed by atoms with van der Waals surface area (Å²) in [6.45, 7) is 2.79. The summed E-state index contributed by atoms with van der Waals surface area (Å²) >= 11 is 3.54. The van der Waals surface area contributed by atoms with Crippen molar-refractivity contribution in [3.05, 3.63) is 29.0 Å². The van der Waals surface area contributed by atoms with E-state index < -0.39 is 0 Å². The molecule has 0 saturated carbocycles. The lowest BCUT2D eigenvalue weighted by Gasteiger charge is -2.13. The molecule has 0 radical (unpaired) electrons. The molecule has 20 heavy (non-hydrogen) atoms. The Labute approximate surface area is 126 Å². The number of anilines is 1. The second-order valence-corrected chi connectivity index (χ2v) is 4.83. The fourth-order valence-corrected chi connectivity index (χ4v) is 2.38. The Morgan fingerprint density at radius 3 is 2.40 bits per heavy atom. The summed E-state index contributed by atoms with van der Waals surface area (Å²) in [6, 6.07) is 3.74. The quantitative estimate of drug-likeness (QED) is 0.906. The van der Waals surface area contributed by atoms with Gasteiger partial charge in [-0.2, -0.15) is 0 Å². The minimum atomic E-state index is 0.652. The third-order valence-electron chi connectivity index (χ3n) is 2.77. The molecule has 1 heterocycles. The van der Waals surface area contributed by atoms with Crippen LogP contribution in [-0.4, -0.2) is 30.7 Å². The van der Waals surface area contributed by atoms with Crippen LogP contribution in [0.4, 0.5) is 5.82 Å². The molecule has 5 nitrogen and oxygen atoms in total. The standard InChI is InChI=1S/C14H16BrN3O2/c1-4-16-14-13(17-5-6-18-14)9-7-11(19-2)12(20-3)8-10(9)15/h5-8H,4H2,1-3H3,(H,16,18). The normalized spacial score (nSPS) is 10.2. The van der Waals surface area contributed by atoms with Crippen molar-refractivity contribution in [1.29, 1.82) is 0 Å². The maximum atomic E-state index is 5.34. The Bertz CT molecular complexity index is 605. The molecule has 2 aromatic rings. The van der Waals surface area contributed by atoms with E-state index in [1.54, 1.807) is 26.6 Å². The van der Waals surface area contributed by atoms with E-state index in [9.17, 15) is 0 Å². The van der Waals surface area contributed by atoms with Crippen molar-refractivity contribution < 1.29 is 9.47 Å². The third-order valence-corrected chi connectivity index (χ3v) is 3.43. The maximum Gasteiger partial charge on any atom is 0.161 e. The average Bonchev–Trinajstić information content (AvgIpc) is 2.48. The van der Waals surface area contributed by atoms with E-state index in [1.165, 1.54) is 0 Å². The molecule has 0 amide bonds. The average molecular weight is 338 g/mol. The Morgan fingerprint density at radius 1 is 1.10 bits per heavy atom. The van der Waals surface area contributed by atoms with Gasteiger partial charge in [-0.25, -0.2) is 4.98 Å². The number of hydrogen-bond donors (Lipinski definition) is 1. The topological polar surface area (TPSA) is 56.3 Å². The molecule has 0 bridgehead atoms. The minimum Gasteiger partial charge on any atom is -0.493 e. The van der Waals surface area contributed by atoms with E-state index >= 15 is 0 Å². The molecule has 0 aliphatic rings. The lowest BCUT2D eigenvalue weighted by Crippen LogP contribution is -2.03. The summed E-state index contributed by atoms with van der Waals surface area (Å²) in [7, 11) is 3.22. The van der Waals surface area contributed by atoms with E-state index in [1.807, 2.05) is 19.1 Å². The maximum absolute atomic E-state index is 5.34. The molecule has 0 aliphatic heterocycles. The van der Waals surface area contributed by atoms with E-state index in [2.05, 4.69) is 31.2 Å². The van der Waals surface area contributed by atoms with Crippen molar-refractivity contribution in [2.24, 2.45) is 0 Å². The first-order valence-electron chi connectivity index (χ1n) is 6.18. The molecule has 2 rings (SSSR count). The Hall–Kier alpha value is -1.82. The summed E-state index contributed by atoms with van der Waals surface area (Å²) in [5.41, 5.74) is 1.66. The minimum absolute atomic E-state index is 0.652. The van der Waals surface area contributed by atoms with Crippen molar-refractivity contribution in [3.8, 4) is 22.8 Å². The van der Waals surface area contributed by atoms with E-state index in [0.717, 1.165) is 28.1 Å². The van der Waals surface area contributed by atoms with Crippen LogP contribution in [0.1, 0.15) is 6.92 Å². The van der Waals surface area contributed by atoms with Crippen molar-refractivity contribution in [1.82, 2.24) is 9.97 Å². The molecule has 1 aromatic carbocycles. The summed E-state index contributed by atoms with van der Waals surface area (Å²) < 4.78 is 11.5. The van der Waals surface area contributed by atoms with Gasteiger partial charge in [-0.1, -0.05) is 0 Å². The van der Waals surface area contributed by atoms with Gasteiger partial charge in [-0.05, 0) is 35.0 Å². The number of benzene rings is 1. The molecule has 1 aromatic heterocycles. The van der Waals surface area contributed by atoms with Crippen molar-refractivity contribution in [3.63, 3.8) is 0 Å². The van der Waals surface area contributed by atoms with Crippen LogP contribution in [-0.2, 0) is 0 Å². The molecule has 1 N–H and O–H groups in total. The van der Waals surface area contributed by atoms with Gasteiger partial charge < -0.3 is 14.8 Å². The molecule has 0 spiro atoms. The monoisotopic (exact) mass is 337 g/mol. The highest BCUT2D eigenvalue weighted by atomic mass is 79.9. The molecule has 0 unspecified atom stereocenters. The number of aromatic nitrogens is 2. The summed E-state index contributed by atoms with van der Waals surface area (Å²) in [5, 5.41) is 3.20. The van der Waals surface area contributed by atoms with Crippen LogP contribution in [0.5, 0.6) is 11.5 Å². The number of rotatable bonds is 5. The zero-order valence-corrected chi connectivity index (χ0v) is 13.2. The number of hydrogen-bond acceptors (Lipinski definition) is 5. The second kappa shape index (κ2) is 6.56. The van der Waals surface area contributed by atoms with Crippen molar-refractivity contribution >= 4 is 21.7 Å². The fraction of sp³-hybridized carbons (Fsp3) is 0.286. The van der Waals surface area contributed by atoms with Gasteiger partial charge in [0.25, 0.3) is 0 Å². The zero-order valence-electron chi connectivity index (χ0n) is 11.6. The van der Waals surface area contributed by atoms with Crippen LogP contribution in [0.2, 0.25) is 0 Å². The molecule has 0 aliphatic carbocycles. The van der Waals surface area contributed by atoms with Crippen molar-refractivity contribution in [2.45, 2.75) is 6.92 Å². The Morgan fingerprint density at radius 2 is 1.75 bits per heavy atom. The predicted molar refractivity (Wildman–Crippen MR) is 82.4 cm³/mol. The molecule has 6 heteroatoms. The van der Waals surface area contributed by atoms with E-state index in [0.29, 0.717) is 11.5 Å². The first kappa shape index (κ1) is 14.6. The van der Waals surface area contributed by atoms with Gasteiger partial charge in [0.1, 0.15) is 5.69 Å². The first-order chi connectivity index (χ1) is 9.71. The highest BCUT2D eigenvalue weighted by Gasteiger charge is 2.15. The molecule has 106 valence electrons. The van der Waals surface area contributed by atoms with Gasteiger partial charge in [0.2, 0.25) is 0 Å². The summed E-state index contributed by atoms with van der Waals surface area (Å²) in [4.78, 5) is 8.73. The van der Waals surface area contributed by atoms with Gasteiger partial charge in [0, 0.05) is 29.0 Å². The predicted octanol–water partition coefficient (Wildman–Crippen LogP) is 3.36. The van der Waals surface area contributed by atoms with Gasteiger partial charge in [-0.3, -0.25) is 4.98 Å². The Kier molecular flexibility index (Phi) is 4.79. The number of ether oxygens (including phenoxy) is 2. The largest absolute Gasteiger partial charge is 0.493 e. The van der Waals surface area contributed by atoms with Crippen LogP contribution in [0.25, 0.3) is 11.3 Å². The summed E-state index contributed by atoms with van der Waals surface area (Å²) in [5.74, 6) is 2.05. The van der Waals surface area contributed by atoms with Gasteiger partial charge >= 0.3 is 0 Å². The Balaban J connectivity index is 2.58. The van der Waals surface area contributed by atoms with E-state index in [-0.39, 0.29) is 0 Å². The number of methoxy groups -OCH3 is 2. The number of halogens is 1.